The van der Waals surface area contributed by atoms with Gasteiger partial charge in [0.25, 0.3) is 0 Å². The summed E-state index contributed by atoms with van der Waals surface area (Å²) in [6.07, 6.45) is 1.17. The number of halogens is 1. The van der Waals surface area contributed by atoms with Crippen LogP contribution >= 0.6 is 35.3 Å². The second-order valence-electron chi connectivity index (χ2n) is 5.94. The van der Waals surface area contributed by atoms with Gasteiger partial charge >= 0.3 is 0 Å². The first-order valence-corrected chi connectivity index (χ1v) is 8.27. The zero-order valence-corrected chi connectivity index (χ0v) is 16.3. The number of fused-ring (bicyclic) bond motifs is 1. The summed E-state index contributed by atoms with van der Waals surface area (Å²) in [7, 11) is 0. The monoisotopic (exact) mass is 422 g/mol. The molecule has 1 atom stereocenters. The summed E-state index contributed by atoms with van der Waals surface area (Å²) in [6.45, 7) is 10.4. The highest BCUT2D eigenvalue weighted by Gasteiger charge is 2.21. The third-order valence-corrected chi connectivity index (χ3v) is 4.69. The van der Waals surface area contributed by atoms with Crippen LogP contribution in [0.5, 0.6) is 0 Å². The van der Waals surface area contributed by atoms with Crippen LogP contribution in [-0.4, -0.2) is 36.5 Å². The van der Waals surface area contributed by atoms with E-state index >= 15 is 0 Å². The molecule has 4 nitrogen and oxygen atoms in total. The minimum absolute atomic E-state index is 0. The van der Waals surface area contributed by atoms with Crippen molar-refractivity contribution in [1.82, 2.24) is 10.2 Å². The van der Waals surface area contributed by atoms with Gasteiger partial charge < -0.3 is 11.1 Å². The van der Waals surface area contributed by atoms with Gasteiger partial charge in [-0.1, -0.05) is 13.8 Å². The number of nitrogens with two attached hydrogens (primary N) is 1. The molecule has 1 aromatic heterocycles. The zero-order valence-electron chi connectivity index (χ0n) is 13.1. The van der Waals surface area contributed by atoms with E-state index in [0.29, 0.717) is 17.9 Å². The van der Waals surface area contributed by atoms with Gasteiger partial charge in [-0.05, 0) is 36.3 Å². The molecule has 0 saturated heterocycles. The van der Waals surface area contributed by atoms with E-state index < -0.39 is 0 Å². The van der Waals surface area contributed by atoms with Crippen LogP contribution in [0.4, 0.5) is 0 Å². The summed E-state index contributed by atoms with van der Waals surface area (Å²) in [5.41, 5.74) is 7.38. The van der Waals surface area contributed by atoms with Crippen LogP contribution in [0.3, 0.4) is 0 Å². The number of rotatable bonds is 5. The average Bonchev–Trinajstić information content (AvgIpc) is 2.89. The highest BCUT2D eigenvalue weighted by Crippen LogP contribution is 2.24. The van der Waals surface area contributed by atoms with E-state index in [1.165, 1.54) is 12.0 Å². The van der Waals surface area contributed by atoms with Crippen molar-refractivity contribution in [2.24, 2.45) is 16.6 Å². The van der Waals surface area contributed by atoms with Crippen LogP contribution in [0, 0.1) is 5.92 Å². The van der Waals surface area contributed by atoms with Gasteiger partial charge in [0.1, 0.15) is 0 Å². The maximum atomic E-state index is 5.88. The second kappa shape index (κ2) is 8.95. The van der Waals surface area contributed by atoms with Gasteiger partial charge in [-0.25, -0.2) is 0 Å². The molecule has 1 unspecified atom stereocenters. The smallest absolute Gasteiger partial charge is 0.188 e. The molecule has 21 heavy (non-hydrogen) atoms. The Morgan fingerprint density at radius 1 is 1.48 bits per heavy atom. The molecule has 2 heterocycles. The normalized spacial score (nSPS) is 17.2. The summed E-state index contributed by atoms with van der Waals surface area (Å²) >= 11 is 1.89. The first-order valence-electron chi connectivity index (χ1n) is 7.39. The van der Waals surface area contributed by atoms with Crippen LogP contribution in [-0.2, 0) is 13.0 Å². The van der Waals surface area contributed by atoms with Crippen LogP contribution < -0.4 is 11.1 Å². The van der Waals surface area contributed by atoms with Crippen molar-refractivity contribution in [3.05, 3.63) is 21.9 Å². The highest BCUT2D eigenvalue weighted by atomic mass is 127. The van der Waals surface area contributed by atoms with E-state index in [1.54, 1.807) is 4.88 Å². The molecule has 120 valence electrons. The Hall–Kier alpha value is -0.340. The topological polar surface area (TPSA) is 53.6 Å². The molecule has 0 fully saturated rings. The van der Waals surface area contributed by atoms with E-state index in [0.717, 1.165) is 26.2 Å². The molecule has 3 N–H and O–H groups in total. The Bertz CT molecular complexity index is 458. The number of thiophene rings is 1. The predicted octanol–water partition coefficient (Wildman–Crippen LogP) is 2.67. The highest BCUT2D eigenvalue weighted by molar-refractivity contribution is 14.0. The molecule has 0 bridgehead atoms. The van der Waals surface area contributed by atoms with E-state index in [2.05, 4.69) is 47.4 Å². The summed E-state index contributed by atoms with van der Waals surface area (Å²) < 4.78 is 0. The van der Waals surface area contributed by atoms with Crippen LogP contribution in [0.1, 0.15) is 31.2 Å². The maximum absolute atomic E-state index is 5.88. The van der Waals surface area contributed by atoms with Crippen molar-refractivity contribution in [3.63, 3.8) is 0 Å². The lowest BCUT2D eigenvalue weighted by molar-refractivity contribution is 0.193. The summed E-state index contributed by atoms with van der Waals surface area (Å²) in [5.74, 6) is 1.12. The molecule has 6 heteroatoms. The van der Waals surface area contributed by atoms with Crippen molar-refractivity contribution in [3.8, 4) is 0 Å². The number of hydrogen-bond donors (Lipinski definition) is 2. The van der Waals surface area contributed by atoms with Crippen molar-refractivity contribution in [2.75, 3.05) is 19.6 Å². The number of aliphatic imine (C=N–C) groups is 1. The predicted molar refractivity (Wildman–Crippen MR) is 103 cm³/mol. The Balaban J connectivity index is 0.00000220. The van der Waals surface area contributed by atoms with Gasteiger partial charge in [-0.2, -0.15) is 0 Å². The number of guanidine groups is 1. The van der Waals surface area contributed by atoms with Crippen molar-refractivity contribution < 1.29 is 0 Å². The minimum atomic E-state index is 0. The molecule has 0 aliphatic carbocycles. The summed E-state index contributed by atoms with van der Waals surface area (Å²) in [4.78, 5) is 8.40. The van der Waals surface area contributed by atoms with Crippen LogP contribution in [0.15, 0.2) is 16.4 Å². The molecule has 0 amide bonds. The lowest BCUT2D eigenvalue weighted by Crippen LogP contribution is -2.45. The molecule has 0 spiro atoms. The molecular formula is C15H27IN4S. The summed E-state index contributed by atoms with van der Waals surface area (Å²) in [6, 6.07) is 2.72. The minimum Gasteiger partial charge on any atom is -0.370 e. The zero-order chi connectivity index (χ0) is 14.5. The number of hydrogen-bond acceptors (Lipinski definition) is 3. The summed E-state index contributed by atoms with van der Waals surface area (Å²) in [5, 5.41) is 5.44. The second-order valence-corrected chi connectivity index (χ2v) is 6.94. The third kappa shape index (κ3) is 5.75. The van der Waals surface area contributed by atoms with E-state index in [-0.39, 0.29) is 24.0 Å². The van der Waals surface area contributed by atoms with E-state index in [1.807, 2.05) is 11.3 Å². The Kier molecular flexibility index (Phi) is 7.97. The molecule has 2 rings (SSSR count). The average molecular weight is 422 g/mol. The number of nitrogens with one attached hydrogen (secondary N) is 1. The van der Waals surface area contributed by atoms with Gasteiger partial charge in [-0.15, -0.1) is 35.3 Å². The first-order chi connectivity index (χ1) is 9.56. The van der Waals surface area contributed by atoms with Gasteiger partial charge in [0.15, 0.2) is 5.96 Å². The Morgan fingerprint density at radius 3 is 2.95 bits per heavy atom. The van der Waals surface area contributed by atoms with Gasteiger partial charge in [0, 0.05) is 37.1 Å². The molecule has 1 aliphatic rings. The van der Waals surface area contributed by atoms with Crippen molar-refractivity contribution in [1.29, 1.82) is 0 Å². The molecule has 1 aliphatic heterocycles. The van der Waals surface area contributed by atoms with Crippen molar-refractivity contribution in [2.45, 2.75) is 39.8 Å². The van der Waals surface area contributed by atoms with Crippen LogP contribution in [0.25, 0.3) is 0 Å². The van der Waals surface area contributed by atoms with E-state index in [4.69, 9.17) is 5.73 Å². The fraction of sp³-hybridized carbons (Fsp3) is 0.667. The largest absolute Gasteiger partial charge is 0.370 e. The lowest BCUT2D eigenvalue weighted by atomic mass is 10.1. The molecular weight excluding hydrogens is 395 g/mol. The Morgan fingerprint density at radius 2 is 2.24 bits per heavy atom. The number of nitrogens with zero attached hydrogens (tertiary/aromatic N) is 2. The molecule has 0 radical (unpaired) electrons. The SMILES string of the molecule is CC(C)CN=C(N)NCC(C)N1CCc2sccc2C1.I. The molecule has 0 aromatic carbocycles. The van der Waals surface area contributed by atoms with E-state index in [9.17, 15) is 0 Å². The first kappa shape index (κ1) is 18.7. The fourth-order valence-corrected chi connectivity index (χ4v) is 3.25. The molecule has 1 aromatic rings. The van der Waals surface area contributed by atoms with Gasteiger partial charge in [-0.3, -0.25) is 9.89 Å². The third-order valence-electron chi connectivity index (χ3n) is 3.67. The van der Waals surface area contributed by atoms with Gasteiger partial charge in [0.05, 0.1) is 0 Å². The lowest BCUT2D eigenvalue weighted by Gasteiger charge is -2.32. The van der Waals surface area contributed by atoms with Crippen LogP contribution in [0.2, 0.25) is 0 Å². The quantitative estimate of drug-likeness (QED) is 0.436. The van der Waals surface area contributed by atoms with Crippen molar-refractivity contribution >= 4 is 41.3 Å². The maximum Gasteiger partial charge on any atom is 0.188 e. The Labute approximate surface area is 149 Å². The standard InChI is InChI=1S/C15H26N4S.HI/c1-11(2)8-17-15(16)18-9-12(3)19-6-4-14-13(10-19)5-7-20-14;/h5,7,11-12H,4,6,8-10H2,1-3H3,(H3,16,17,18);1H. The molecule has 0 saturated carbocycles. The fourth-order valence-electron chi connectivity index (χ4n) is 2.36. The van der Waals surface area contributed by atoms with Gasteiger partial charge in [0.2, 0.25) is 0 Å².